The van der Waals surface area contributed by atoms with Crippen LogP contribution in [0.3, 0.4) is 0 Å². The molecule has 14 heavy (non-hydrogen) atoms. The zero-order chi connectivity index (χ0) is 9.80. The Morgan fingerprint density at radius 3 is 2.79 bits per heavy atom. The molecule has 1 saturated carbocycles. The summed E-state index contributed by atoms with van der Waals surface area (Å²) in [5.41, 5.74) is 2.41. The monoisotopic (exact) mass is 209 g/mol. The summed E-state index contributed by atoms with van der Waals surface area (Å²) in [5.74, 6) is 0.597. The fourth-order valence-electron chi connectivity index (χ4n) is 2.05. The first kappa shape index (κ1) is 9.85. The zero-order valence-electron chi connectivity index (χ0n) is 8.30. The Balaban J connectivity index is 2.00. The van der Waals surface area contributed by atoms with Gasteiger partial charge in [0.15, 0.2) is 0 Å². The second-order valence-electron chi connectivity index (χ2n) is 3.96. The maximum Gasteiger partial charge on any atom is 0.0474 e. The summed E-state index contributed by atoms with van der Waals surface area (Å²) in [4.78, 5) is 0. The fourth-order valence-corrected chi connectivity index (χ4v) is 2.22. The largest absolute Gasteiger partial charge is 0.382 e. The molecular weight excluding hydrogens is 194 g/mol. The second-order valence-corrected chi connectivity index (χ2v) is 4.23. The lowest BCUT2D eigenvalue weighted by molar-refractivity contribution is 0.755. The molecule has 0 atom stereocenters. The van der Waals surface area contributed by atoms with Gasteiger partial charge in [-0.15, -0.1) is 11.6 Å². The summed E-state index contributed by atoms with van der Waals surface area (Å²) in [5, 5.41) is 3.56. The van der Waals surface area contributed by atoms with Gasteiger partial charge in [-0.2, -0.15) is 0 Å². The van der Waals surface area contributed by atoms with E-state index in [-0.39, 0.29) is 0 Å². The van der Waals surface area contributed by atoms with Gasteiger partial charge in [-0.05, 0) is 30.5 Å². The summed E-state index contributed by atoms with van der Waals surface area (Å²) in [7, 11) is 0. The lowest BCUT2D eigenvalue weighted by Crippen LogP contribution is -2.14. The third kappa shape index (κ3) is 2.42. The molecule has 0 bridgehead atoms. The Bertz CT molecular complexity index is 292. The predicted molar refractivity (Wildman–Crippen MR) is 61.9 cm³/mol. The van der Waals surface area contributed by atoms with Crippen LogP contribution in [0.2, 0.25) is 0 Å². The minimum Gasteiger partial charge on any atom is -0.382 e. The molecule has 76 valence electrons. The van der Waals surface area contributed by atoms with Gasteiger partial charge in [0.05, 0.1) is 0 Å². The van der Waals surface area contributed by atoms with Crippen LogP contribution in [0.25, 0.3) is 0 Å². The molecule has 0 amide bonds. The molecule has 0 saturated heterocycles. The number of hydrogen-bond acceptors (Lipinski definition) is 1. The van der Waals surface area contributed by atoms with Crippen LogP contribution in [0.1, 0.15) is 31.2 Å². The van der Waals surface area contributed by atoms with Crippen LogP contribution in [-0.2, 0) is 5.88 Å². The molecule has 0 radical (unpaired) electrons. The fraction of sp³-hybridized carbons (Fsp3) is 0.500. The van der Waals surface area contributed by atoms with Gasteiger partial charge in [-0.3, -0.25) is 0 Å². The second kappa shape index (κ2) is 4.70. The van der Waals surface area contributed by atoms with E-state index in [0.29, 0.717) is 11.9 Å². The molecule has 1 aromatic carbocycles. The molecule has 0 spiro atoms. The van der Waals surface area contributed by atoms with Crippen molar-refractivity contribution >= 4 is 17.3 Å². The van der Waals surface area contributed by atoms with Gasteiger partial charge in [0.2, 0.25) is 0 Å². The van der Waals surface area contributed by atoms with E-state index in [1.54, 1.807) is 0 Å². The van der Waals surface area contributed by atoms with Gasteiger partial charge >= 0.3 is 0 Å². The van der Waals surface area contributed by atoms with Gasteiger partial charge in [0, 0.05) is 17.6 Å². The molecule has 1 N–H and O–H groups in total. The zero-order valence-corrected chi connectivity index (χ0v) is 9.06. The molecular formula is C12H16ClN. The number of benzene rings is 1. The van der Waals surface area contributed by atoms with Crippen LogP contribution in [0, 0.1) is 0 Å². The number of anilines is 1. The van der Waals surface area contributed by atoms with E-state index < -0.39 is 0 Å². The van der Waals surface area contributed by atoms with Gasteiger partial charge in [0.1, 0.15) is 0 Å². The smallest absolute Gasteiger partial charge is 0.0474 e. The highest BCUT2D eigenvalue weighted by molar-refractivity contribution is 6.17. The first-order valence-corrected chi connectivity index (χ1v) is 5.83. The van der Waals surface area contributed by atoms with Crippen molar-refractivity contribution in [2.75, 3.05) is 5.32 Å². The van der Waals surface area contributed by atoms with Crippen molar-refractivity contribution in [3.63, 3.8) is 0 Å². The van der Waals surface area contributed by atoms with E-state index in [9.17, 15) is 0 Å². The van der Waals surface area contributed by atoms with E-state index in [4.69, 9.17) is 11.6 Å². The molecule has 1 fully saturated rings. The highest BCUT2D eigenvalue weighted by Crippen LogP contribution is 2.22. The number of nitrogens with one attached hydrogen (secondary N) is 1. The topological polar surface area (TPSA) is 12.0 Å². The highest BCUT2D eigenvalue weighted by atomic mass is 35.5. The highest BCUT2D eigenvalue weighted by Gasteiger charge is 2.14. The van der Waals surface area contributed by atoms with Crippen LogP contribution >= 0.6 is 11.6 Å². The molecule has 1 nitrogen and oxygen atoms in total. The minimum absolute atomic E-state index is 0.597. The SMILES string of the molecule is ClCc1cccc(NC2CCCC2)c1. The Hall–Kier alpha value is -0.690. The maximum atomic E-state index is 5.79. The minimum atomic E-state index is 0.597. The van der Waals surface area contributed by atoms with Crippen molar-refractivity contribution in [3.8, 4) is 0 Å². The molecule has 1 aliphatic rings. The number of hydrogen-bond donors (Lipinski definition) is 1. The summed E-state index contributed by atoms with van der Waals surface area (Å²) < 4.78 is 0. The van der Waals surface area contributed by atoms with Crippen LogP contribution in [0.5, 0.6) is 0 Å². The Kier molecular flexibility index (Phi) is 3.30. The third-order valence-corrected chi connectivity index (χ3v) is 3.12. The third-order valence-electron chi connectivity index (χ3n) is 2.81. The van der Waals surface area contributed by atoms with Gasteiger partial charge in [-0.1, -0.05) is 25.0 Å². The molecule has 1 aromatic rings. The van der Waals surface area contributed by atoms with Gasteiger partial charge in [-0.25, -0.2) is 0 Å². The summed E-state index contributed by atoms with van der Waals surface area (Å²) >= 11 is 5.79. The van der Waals surface area contributed by atoms with Crippen LogP contribution in [-0.4, -0.2) is 6.04 Å². The molecule has 2 rings (SSSR count). The van der Waals surface area contributed by atoms with Crippen LogP contribution in [0.15, 0.2) is 24.3 Å². The Labute approximate surface area is 90.5 Å². The lowest BCUT2D eigenvalue weighted by Gasteiger charge is -2.13. The van der Waals surface area contributed by atoms with Crippen molar-refractivity contribution in [1.29, 1.82) is 0 Å². The van der Waals surface area contributed by atoms with Crippen molar-refractivity contribution in [1.82, 2.24) is 0 Å². The Morgan fingerprint density at radius 2 is 2.07 bits per heavy atom. The van der Waals surface area contributed by atoms with Crippen LogP contribution in [0.4, 0.5) is 5.69 Å². The molecule has 0 aliphatic heterocycles. The van der Waals surface area contributed by atoms with E-state index in [2.05, 4.69) is 29.6 Å². The van der Waals surface area contributed by atoms with Gasteiger partial charge < -0.3 is 5.32 Å². The van der Waals surface area contributed by atoms with Crippen LogP contribution < -0.4 is 5.32 Å². The first-order valence-electron chi connectivity index (χ1n) is 5.30. The lowest BCUT2D eigenvalue weighted by atomic mass is 10.2. The molecule has 2 heteroatoms. The first-order chi connectivity index (χ1) is 6.88. The van der Waals surface area contributed by atoms with Crippen molar-refractivity contribution < 1.29 is 0 Å². The number of alkyl halides is 1. The van der Waals surface area contributed by atoms with Crippen molar-refractivity contribution in [2.24, 2.45) is 0 Å². The molecule has 1 aliphatic carbocycles. The Morgan fingerprint density at radius 1 is 1.29 bits per heavy atom. The summed E-state index contributed by atoms with van der Waals surface area (Å²) in [6.07, 6.45) is 5.36. The van der Waals surface area contributed by atoms with E-state index in [1.165, 1.54) is 36.9 Å². The summed E-state index contributed by atoms with van der Waals surface area (Å²) in [6, 6.07) is 9.07. The number of rotatable bonds is 3. The number of halogens is 1. The van der Waals surface area contributed by atoms with E-state index >= 15 is 0 Å². The normalized spacial score (nSPS) is 17.2. The molecule has 0 heterocycles. The standard InChI is InChI=1S/C12H16ClN/c13-9-10-4-3-7-12(8-10)14-11-5-1-2-6-11/h3-4,7-8,11,14H,1-2,5-6,9H2. The van der Waals surface area contributed by atoms with Crippen molar-refractivity contribution in [3.05, 3.63) is 29.8 Å². The van der Waals surface area contributed by atoms with Crippen molar-refractivity contribution in [2.45, 2.75) is 37.6 Å². The quantitative estimate of drug-likeness (QED) is 0.748. The predicted octanol–water partition coefficient (Wildman–Crippen LogP) is 3.78. The van der Waals surface area contributed by atoms with Gasteiger partial charge in [0.25, 0.3) is 0 Å². The maximum absolute atomic E-state index is 5.79. The molecule has 0 aromatic heterocycles. The van der Waals surface area contributed by atoms with E-state index in [0.717, 1.165) is 0 Å². The average Bonchev–Trinajstić information content (AvgIpc) is 2.71. The average molecular weight is 210 g/mol. The van der Waals surface area contributed by atoms with E-state index in [1.807, 2.05) is 0 Å². The summed E-state index contributed by atoms with van der Waals surface area (Å²) in [6.45, 7) is 0. The molecule has 0 unspecified atom stereocenters.